The van der Waals surface area contributed by atoms with Crippen LogP contribution in [0.5, 0.6) is 0 Å². The van der Waals surface area contributed by atoms with E-state index in [0.717, 1.165) is 16.7 Å². The molecule has 0 unspecified atom stereocenters. The van der Waals surface area contributed by atoms with Crippen molar-refractivity contribution < 1.29 is 13.2 Å². The van der Waals surface area contributed by atoms with Gasteiger partial charge in [-0.2, -0.15) is 0 Å². The summed E-state index contributed by atoms with van der Waals surface area (Å²) in [6.07, 6.45) is 0.137. The van der Waals surface area contributed by atoms with Crippen LogP contribution in [0.1, 0.15) is 30.5 Å². The van der Waals surface area contributed by atoms with Crippen LogP contribution >= 0.6 is 0 Å². The Balaban J connectivity index is 2.00. The van der Waals surface area contributed by atoms with Gasteiger partial charge in [-0.25, -0.2) is 13.1 Å². The molecule has 0 saturated heterocycles. The smallest absolute Gasteiger partial charge is 0.216 e. The van der Waals surface area contributed by atoms with Crippen LogP contribution in [0.2, 0.25) is 0 Å². The lowest BCUT2D eigenvalue weighted by Gasteiger charge is -2.13. The third kappa shape index (κ3) is 6.14. The maximum Gasteiger partial charge on any atom is 0.216 e. The first kappa shape index (κ1) is 17.7. The predicted molar refractivity (Wildman–Crippen MR) is 92.3 cm³/mol. The number of hydrogen-bond donors (Lipinski definition) is 1. The zero-order chi connectivity index (χ0) is 16.7. The number of ether oxygens (including phenoxy) is 1. The lowest BCUT2D eigenvalue weighted by Crippen LogP contribution is -2.25. The number of benzene rings is 2. The molecule has 2 rings (SSSR count). The van der Waals surface area contributed by atoms with Gasteiger partial charge in [0.25, 0.3) is 0 Å². The van der Waals surface area contributed by atoms with Crippen LogP contribution in [-0.2, 0) is 33.7 Å². The summed E-state index contributed by atoms with van der Waals surface area (Å²) in [7, 11) is -3.37. The average Bonchev–Trinajstić information content (AvgIpc) is 2.52. The Morgan fingerprint density at radius 3 is 2.22 bits per heavy atom. The second-order valence-corrected chi connectivity index (χ2v) is 7.50. The van der Waals surface area contributed by atoms with Crippen molar-refractivity contribution in [1.82, 2.24) is 4.72 Å². The van der Waals surface area contributed by atoms with Gasteiger partial charge in [0, 0.05) is 6.54 Å². The van der Waals surface area contributed by atoms with E-state index in [-0.39, 0.29) is 18.4 Å². The monoisotopic (exact) mass is 333 g/mol. The molecule has 0 radical (unpaired) electrons. The highest BCUT2D eigenvalue weighted by atomic mass is 32.2. The highest BCUT2D eigenvalue weighted by molar-refractivity contribution is 7.88. The number of hydrogen-bond acceptors (Lipinski definition) is 3. The summed E-state index contributed by atoms with van der Waals surface area (Å²) in [5.74, 6) is -0.0154. The molecule has 0 aliphatic heterocycles. The van der Waals surface area contributed by atoms with E-state index in [0.29, 0.717) is 6.61 Å². The van der Waals surface area contributed by atoms with Crippen molar-refractivity contribution in [2.75, 3.05) is 0 Å². The summed E-state index contributed by atoms with van der Waals surface area (Å²) in [4.78, 5) is 0. The molecule has 0 bridgehead atoms. The lowest BCUT2D eigenvalue weighted by atomic mass is 10.1. The Morgan fingerprint density at radius 2 is 1.57 bits per heavy atom. The zero-order valence-corrected chi connectivity index (χ0v) is 14.3. The van der Waals surface area contributed by atoms with E-state index in [1.807, 2.05) is 68.4 Å². The van der Waals surface area contributed by atoms with E-state index in [2.05, 4.69) is 4.72 Å². The molecule has 0 aliphatic rings. The van der Waals surface area contributed by atoms with Gasteiger partial charge in [-0.1, -0.05) is 54.6 Å². The van der Waals surface area contributed by atoms with Crippen molar-refractivity contribution in [3.8, 4) is 0 Å². The molecule has 0 saturated carbocycles. The first-order valence-electron chi connectivity index (χ1n) is 7.66. The van der Waals surface area contributed by atoms with E-state index >= 15 is 0 Å². The summed E-state index contributed by atoms with van der Waals surface area (Å²) in [5, 5.41) is 0. The molecule has 0 heterocycles. The Labute approximate surface area is 138 Å². The minimum atomic E-state index is -3.37. The summed E-state index contributed by atoms with van der Waals surface area (Å²) < 4.78 is 32.7. The molecular formula is C18H23NO3S. The Morgan fingerprint density at radius 1 is 0.957 bits per heavy atom. The van der Waals surface area contributed by atoms with Gasteiger partial charge in [-0.15, -0.1) is 0 Å². The Kier molecular flexibility index (Phi) is 6.33. The van der Waals surface area contributed by atoms with Gasteiger partial charge in [0.15, 0.2) is 0 Å². The van der Waals surface area contributed by atoms with Gasteiger partial charge in [-0.3, -0.25) is 0 Å². The van der Waals surface area contributed by atoms with E-state index in [4.69, 9.17) is 4.74 Å². The molecule has 4 nitrogen and oxygen atoms in total. The van der Waals surface area contributed by atoms with Crippen molar-refractivity contribution in [2.24, 2.45) is 0 Å². The van der Waals surface area contributed by atoms with Crippen LogP contribution in [0, 0.1) is 0 Å². The van der Waals surface area contributed by atoms with Gasteiger partial charge >= 0.3 is 0 Å². The van der Waals surface area contributed by atoms with Gasteiger partial charge in [0.1, 0.15) is 0 Å². The van der Waals surface area contributed by atoms with Crippen LogP contribution < -0.4 is 4.72 Å². The maximum absolute atomic E-state index is 12.2. The fourth-order valence-corrected chi connectivity index (χ4v) is 3.27. The third-order valence-corrected chi connectivity index (χ3v) is 4.67. The quantitative estimate of drug-likeness (QED) is 0.807. The largest absolute Gasteiger partial charge is 0.374 e. The topological polar surface area (TPSA) is 55.4 Å². The number of sulfonamides is 1. The van der Waals surface area contributed by atoms with Crippen molar-refractivity contribution in [1.29, 1.82) is 0 Å². The van der Waals surface area contributed by atoms with Crippen molar-refractivity contribution in [3.63, 3.8) is 0 Å². The van der Waals surface area contributed by atoms with E-state index < -0.39 is 10.0 Å². The molecule has 1 N–H and O–H groups in total. The minimum Gasteiger partial charge on any atom is -0.374 e. The fraction of sp³-hybridized carbons (Fsp3) is 0.333. The summed E-state index contributed by atoms with van der Waals surface area (Å²) in [5.41, 5.74) is 2.71. The van der Waals surface area contributed by atoms with Gasteiger partial charge in [-0.05, 0) is 30.5 Å². The highest BCUT2D eigenvalue weighted by Gasteiger charge is 2.12. The van der Waals surface area contributed by atoms with Crippen LogP contribution in [0.15, 0.2) is 54.6 Å². The van der Waals surface area contributed by atoms with Gasteiger partial charge in [0.2, 0.25) is 10.0 Å². The number of rotatable bonds is 8. The van der Waals surface area contributed by atoms with Crippen molar-refractivity contribution >= 4 is 10.0 Å². The fourth-order valence-electron chi connectivity index (χ4n) is 2.16. The number of nitrogens with one attached hydrogen (secondary N) is 1. The molecular weight excluding hydrogens is 310 g/mol. The predicted octanol–water partition coefficient (Wildman–Crippen LogP) is 3.23. The third-order valence-electron chi connectivity index (χ3n) is 3.37. The normalized spacial score (nSPS) is 11.8. The van der Waals surface area contributed by atoms with Crippen LogP contribution in [0.4, 0.5) is 0 Å². The highest BCUT2D eigenvalue weighted by Crippen LogP contribution is 2.12. The molecule has 0 aliphatic carbocycles. The molecule has 2 aromatic rings. The van der Waals surface area contributed by atoms with E-state index in [1.54, 1.807) is 0 Å². The SMILES string of the molecule is CC(C)OCc1ccccc1CNS(=O)(=O)Cc1ccccc1. The zero-order valence-electron chi connectivity index (χ0n) is 13.5. The first-order chi connectivity index (χ1) is 11.0. The molecule has 2 aromatic carbocycles. The summed E-state index contributed by atoms with van der Waals surface area (Å²) in [6, 6.07) is 16.9. The molecule has 5 heteroatoms. The van der Waals surface area contributed by atoms with Crippen LogP contribution in [0.25, 0.3) is 0 Å². The molecule has 0 fully saturated rings. The molecule has 0 aromatic heterocycles. The minimum absolute atomic E-state index is 0.0154. The van der Waals surface area contributed by atoms with Gasteiger partial charge < -0.3 is 4.74 Å². The second-order valence-electron chi connectivity index (χ2n) is 5.69. The molecule has 0 amide bonds. The van der Waals surface area contributed by atoms with E-state index in [1.165, 1.54) is 0 Å². The second kappa shape index (κ2) is 8.24. The standard InChI is InChI=1S/C18H23NO3S/c1-15(2)22-13-18-11-7-6-10-17(18)12-19-23(20,21)14-16-8-4-3-5-9-16/h3-11,15,19H,12-14H2,1-2H3. The average molecular weight is 333 g/mol. The van der Waals surface area contributed by atoms with Gasteiger partial charge in [0.05, 0.1) is 18.5 Å². The lowest BCUT2D eigenvalue weighted by molar-refractivity contribution is 0.0652. The summed E-state index contributed by atoms with van der Waals surface area (Å²) >= 11 is 0. The van der Waals surface area contributed by atoms with Crippen molar-refractivity contribution in [3.05, 3.63) is 71.3 Å². The molecule has 0 atom stereocenters. The Hall–Kier alpha value is -1.69. The Bertz CT molecular complexity index is 712. The van der Waals surface area contributed by atoms with Crippen molar-refractivity contribution in [2.45, 2.75) is 38.9 Å². The summed E-state index contributed by atoms with van der Waals surface area (Å²) in [6.45, 7) is 4.71. The maximum atomic E-state index is 12.2. The van der Waals surface area contributed by atoms with Crippen LogP contribution in [-0.4, -0.2) is 14.5 Å². The van der Waals surface area contributed by atoms with E-state index in [9.17, 15) is 8.42 Å². The molecule has 0 spiro atoms. The molecule has 23 heavy (non-hydrogen) atoms. The molecule has 124 valence electrons. The van der Waals surface area contributed by atoms with Crippen LogP contribution in [0.3, 0.4) is 0 Å². The first-order valence-corrected chi connectivity index (χ1v) is 9.31.